The molecule has 2 N–H and O–H groups in total. The van der Waals surface area contributed by atoms with Crippen LogP contribution in [0, 0.1) is 11.7 Å². The van der Waals surface area contributed by atoms with Gasteiger partial charge in [-0.2, -0.15) is 0 Å². The van der Waals surface area contributed by atoms with Crippen molar-refractivity contribution in [3.8, 4) is 0 Å². The number of anilines is 1. The molecule has 5 heteroatoms. The highest BCUT2D eigenvalue weighted by molar-refractivity contribution is 6.29. The number of halogens is 2. The van der Waals surface area contributed by atoms with Gasteiger partial charge in [0.1, 0.15) is 11.0 Å². The molecule has 0 aliphatic rings. The van der Waals surface area contributed by atoms with Crippen molar-refractivity contribution in [2.45, 2.75) is 13.8 Å². The number of aromatic nitrogens is 1. The summed E-state index contributed by atoms with van der Waals surface area (Å²) in [5.41, 5.74) is 8.70. The van der Waals surface area contributed by atoms with E-state index in [2.05, 4.69) is 9.98 Å². The Morgan fingerprint density at radius 2 is 1.95 bits per heavy atom. The first-order valence-corrected chi connectivity index (χ1v) is 6.60. The second kappa shape index (κ2) is 6.01. The Bertz CT molecular complexity index is 636. The minimum Gasteiger partial charge on any atom is -0.398 e. The number of aliphatic imine (C=N–C) groups is 1. The number of benzene rings is 1. The molecule has 0 saturated carbocycles. The maximum absolute atomic E-state index is 12.9. The summed E-state index contributed by atoms with van der Waals surface area (Å²) in [5.74, 6) is -0.145. The average Bonchev–Trinajstić information content (AvgIpc) is 2.39. The maximum Gasteiger partial charge on any atom is 0.131 e. The lowest BCUT2D eigenvalue weighted by atomic mass is 10.00. The number of hydrogen-bond acceptors (Lipinski definition) is 3. The van der Waals surface area contributed by atoms with Gasteiger partial charge in [0.05, 0.1) is 11.4 Å². The highest BCUT2D eigenvalue weighted by atomic mass is 35.5. The molecule has 1 aromatic heterocycles. The standard InChI is InChI=1S/C15H15ClFN3/c1-9(2)15(12-8-19-14(16)7-13(12)18)20-11-5-3-10(17)4-6-11/h3-9H,1-2H3,(H2,18,19). The summed E-state index contributed by atoms with van der Waals surface area (Å²) < 4.78 is 12.9. The SMILES string of the molecule is CC(C)C(=Nc1ccc(F)cc1)c1cnc(Cl)cc1N. The fraction of sp³-hybridized carbons (Fsp3) is 0.200. The molecule has 1 heterocycles. The Labute approximate surface area is 122 Å². The Kier molecular flexibility index (Phi) is 4.35. The highest BCUT2D eigenvalue weighted by Gasteiger charge is 2.13. The van der Waals surface area contributed by atoms with Gasteiger partial charge in [0, 0.05) is 17.4 Å². The van der Waals surface area contributed by atoms with Crippen molar-refractivity contribution in [3.05, 3.63) is 53.1 Å². The van der Waals surface area contributed by atoms with Crippen molar-refractivity contribution in [2.75, 3.05) is 5.73 Å². The Hall–Kier alpha value is -1.94. The van der Waals surface area contributed by atoms with Gasteiger partial charge in [-0.1, -0.05) is 25.4 Å². The van der Waals surface area contributed by atoms with Gasteiger partial charge in [0.25, 0.3) is 0 Å². The molecule has 0 atom stereocenters. The fourth-order valence-electron chi connectivity index (χ4n) is 1.81. The van der Waals surface area contributed by atoms with Crippen LogP contribution in [0.15, 0.2) is 41.5 Å². The lowest BCUT2D eigenvalue weighted by Gasteiger charge is -2.13. The molecular formula is C15H15ClFN3. The summed E-state index contributed by atoms with van der Waals surface area (Å²) in [6, 6.07) is 7.59. The zero-order chi connectivity index (χ0) is 14.7. The number of rotatable bonds is 3. The van der Waals surface area contributed by atoms with Crippen LogP contribution in [0.1, 0.15) is 19.4 Å². The molecule has 0 amide bonds. The molecule has 0 unspecified atom stereocenters. The van der Waals surface area contributed by atoms with Gasteiger partial charge in [-0.05, 0) is 36.2 Å². The summed E-state index contributed by atoms with van der Waals surface area (Å²) in [5, 5.41) is 0.344. The molecule has 0 radical (unpaired) electrons. The largest absolute Gasteiger partial charge is 0.398 e. The van der Waals surface area contributed by atoms with E-state index in [0.717, 1.165) is 11.3 Å². The van der Waals surface area contributed by atoms with Gasteiger partial charge in [-0.3, -0.25) is 4.99 Å². The lowest BCUT2D eigenvalue weighted by Crippen LogP contribution is -2.12. The van der Waals surface area contributed by atoms with Crippen LogP contribution in [-0.4, -0.2) is 10.7 Å². The van der Waals surface area contributed by atoms with E-state index in [0.29, 0.717) is 16.5 Å². The van der Waals surface area contributed by atoms with Crippen LogP contribution < -0.4 is 5.73 Å². The van der Waals surface area contributed by atoms with Gasteiger partial charge >= 0.3 is 0 Å². The summed E-state index contributed by atoms with van der Waals surface area (Å²) >= 11 is 5.81. The zero-order valence-corrected chi connectivity index (χ0v) is 12.0. The average molecular weight is 292 g/mol. The number of nitrogens with zero attached hydrogens (tertiary/aromatic N) is 2. The van der Waals surface area contributed by atoms with E-state index in [9.17, 15) is 4.39 Å². The second-order valence-electron chi connectivity index (χ2n) is 4.72. The topological polar surface area (TPSA) is 51.3 Å². The molecule has 0 saturated heterocycles. The van der Waals surface area contributed by atoms with Gasteiger partial charge < -0.3 is 5.73 Å². The quantitative estimate of drug-likeness (QED) is 0.679. The minimum atomic E-state index is -0.289. The molecule has 1 aromatic carbocycles. The van der Waals surface area contributed by atoms with Gasteiger partial charge in [-0.25, -0.2) is 9.37 Å². The van der Waals surface area contributed by atoms with E-state index in [1.165, 1.54) is 12.1 Å². The van der Waals surface area contributed by atoms with Crippen LogP contribution in [0.4, 0.5) is 15.8 Å². The molecule has 2 rings (SSSR count). The van der Waals surface area contributed by atoms with Crippen LogP contribution in [0.3, 0.4) is 0 Å². The van der Waals surface area contributed by atoms with Crippen molar-refractivity contribution < 1.29 is 4.39 Å². The molecular weight excluding hydrogens is 277 g/mol. The third-order valence-corrected chi connectivity index (χ3v) is 3.01. The predicted octanol–water partition coefficient (Wildman–Crippen LogP) is 4.23. The Balaban J connectivity index is 2.48. The molecule has 2 aromatic rings. The maximum atomic E-state index is 12.9. The Morgan fingerprint density at radius 3 is 2.50 bits per heavy atom. The van der Waals surface area contributed by atoms with Gasteiger partial charge in [0.15, 0.2) is 0 Å². The third kappa shape index (κ3) is 3.33. The smallest absolute Gasteiger partial charge is 0.131 e. The van der Waals surface area contributed by atoms with Crippen LogP contribution in [0.5, 0.6) is 0 Å². The molecule has 0 bridgehead atoms. The van der Waals surface area contributed by atoms with Crippen molar-refractivity contribution in [2.24, 2.45) is 10.9 Å². The molecule has 0 aliphatic heterocycles. The predicted molar refractivity (Wildman–Crippen MR) is 81.1 cm³/mol. The van der Waals surface area contributed by atoms with E-state index >= 15 is 0 Å². The summed E-state index contributed by atoms with van der Waals surface area (Å²) in [6.07, 6.45) is 1.61. The number of pyridine rings is 1. The van der Waals surface area contributed by atoms with Crippen LogP contribution in [0.25, 0.3) is 0 Å². The van der Waals surface area contributed by atoms with Crippen LogP contribution >= 0.6 is 11.6 Å². The number of nitrogen functional groups attached to an aromatic ring is 1. The molecule has 104 valence electrons. The summed E-state index contributed by atoms with van der Waals surface area (Å²) in [4.78, 5) is 8.59. The number of hydrogen-bond donors (Lipinski definition) is 1. The first kappa shape index (κ1) is 14.5. The molecule has 0 fully saturated rings. The van der Waals surface area contributed by atoms with Crippen molar-refractivity contribution in [1.29, 1.82) is 0 Å². The fourth-order valence-corrected chi connectivity index (χ4v) is 1.98. The van der Waals surface area contributed by atoms with Crippen molar-refractivity contribution in [1.82, 2.24) is 4.98 Å². The minimum absolute atomic E-state index is 0.144. The zero-order valence-electron chi connectivity index (χ0n) is 11.3. The van der Waals surface area contributed by atoms with Crippen molar-refractivity contribution in [3.63, 3.8) is 0 Å². The van der Waals surface area contributed by atoms with E-state index in [1.807, 2.05) is 13.8 Å². The lowest BCUT2D eigenvalue weighted by molar-refractivity contribution is 0.628. The van der Waals surface area contributed by atoms with E-state index in [1.54, 1.807) is 24.4 Å². The molecule has 20 heavy (non-hydrogen) atoms. The van der Waals surface area contributed by atoms with Gasteiger partial charge in [-0.15, -0.1) is 0 Å². The van der Waals surface area contributed by atoms with Crippen molar-refractivity contribution >= 4 is 28.7 Å². The van der Waals surface area contributed by atoms with Crippen LogP contribution in [0.2, 0.25) is 5.15 Å². The second-order valence-corrected chi connectivity index (χ2v) is 5.11. The van der Waals surface area contributed by atoms with Gasteiger partial charge in [0.2, 0.25) is 0 Å². The summed E-state index contributed by atoms with van der Waals surface area (Å²) in [7, 11) is 0. The number of nitrogens with two attached hydrogens (primary N) is 1. The first-order valence-electron chi connectivity index (χ1n) is 6.23. The molecule has 3 nitrogen and oxygen atoms in total. The van der Waals surface area contributed by atoms with E-state index in [-0.39, 0.29) is 11.7 Å². The third-order valence-electron chi connectivity index (χ3n) is 2.80. The Morgan fingerprint density at radius 1 is 1.30 bits per heavy atom. The highest BCUT2D eigenvalue weighted by Crippen LogP contribution is 2.23. The molecule has 0 aliphatic carbocycles. The van der Waals surface area contributed by atoms with E-state index < -0.39 is 0 Å². The first-order chi connectivity index (χ1) is 9.47. The van der Waals surface area contributed by atoms with Crippen LogP contribution in [-0.2, 0) is 0 Å². The molecule has 0 spiro atoms. The summed E-state index contributed by atoms with van der Waals surface area (Å²) in [6.45, 7) is 4.02. The van der Waals surface area contributed by atoms with E-state index in [4.69, 9.17) is 17.3 Å². The monoisotopic (exact) mass is 291 g/mol. The normalized spacial score (nSPS) is 11.9.